The first-order valence-corrected chi connectivity index (χ1v) is 8.15. The minimum atomic E-state index is 0.517. The second-order valence-electron chi connectivity index (χ2n) is 5.21. The van der Waals surface area contributed by atoms with Crippen LogP contribution in [0.3, 0.4) is 0 Å². The fourth-order valence-corrected chi connectivity index (χ4v) is 3.38. The topological polar surface area (TPSA) is 80.7 Å². The SMILES string of the molecule is Cc1noc(C)c1CSc1nnc(-c2c[nH]c3ccccc23)o1. The molecular weight excluding hydrogens is 312 g/mol. The van der Waals surface area contributed by atoms with E-state index in [-0.39, 0.29) is 0 Å². The van der Waals surface area contributed by atoms with Gasteiger partial charge in [0.25, 0.3) is 11.1 Å². The number of hydrogen-bond acceptors (Lipinski definition) is 6. The van der Waals surface area contributed by atoms with Gasteiger partial charge in [0, 0.05) is 28.4 Å². The molecule has 4 aromatic rings. The van der Waals surface area contributed by atoms with Gasteiger partial charge in [-0.15, -0.1) is 10.2 Å². The molecule has 0 spiro atoms. The number of rotatable bonds is 4. The number of para-hydroxylation sites is 1. The third-order valence-corrected chi connectivity index (χ3v) is 4.59. The number of H-pyrrole nitrogens is 1. The van der Waals surface area contributed by atoms with Crippen LogP contribution in [0.2, 0.25) is 0 Å². The van der Waals surface area contributed by atoms with Crippen LogP contribution in [0.4, 0.5) is 0 Å². The molecule has 4 rings (SSSR count). The predicted octanol–water partition coefficient (Wildman–Crippen LogP) is 4.12. The lowest BCUT2D eigenvalue weighted by Crippen LogP contribution is -1.84. The molecule has 6 nitrogen and oxygen atoms in total. The maximum absolute atomic E-state index is 5.78. The van der Waals surface area contributed by atoms with Crippen LogP contribution in [0.1, 0.15) is 17.0 Å². The Morgan fingerprint density at radius 2 is 2.04 bits per heavy atom. The Balaban J connectivity index is 1.57. The van der Waals surface area contributed by atoms with Gasteiger partial charge < -0.3 is 13.9 Å². The molecule has 116 valence electrons. The first-order chi connectivity index (χ1) is 11.2. The monoisotopic (exact) mass is 326 g/mol. The predicted molar refractivity (Wildman–Crippen MR) is 87.1 cm³/mol. The second-order valence-corrected chi connectivity index (χ2v) is 6.14. The molecule has 0 bridgehead atoms. The fourth-order valence-electron chi connectivity index (χ4n) is 2.47. The molecule has 0 fully saturated rings. The van der Waals surface area contributed by atoms with E-state index in [2.05, 4.69) is 20.3 Å². The Labute approximate surface area is 136 Å². The van der Waals surface area contributed by atoms with Crippen molar-refractivity contribution in [1.82, 2.24) is 20.3 Å². The number of nitrogens with one attached hydrogen (secondary N) is 1. The third kappa shape index (κ3) is 2.53. The van der Waals surface area contributed by atoms with Gasteiger partial charge in [0.2, 0.25) is 0 Å². The molecule has 0 aliphatic heterocycles. The number of aromatic amines is 1. The first-order valence-electron chi connectivity index (χ1n) is 7.17. The zero-order chi connectivity index (χ0) is 15.8. The average molecular weight is 326 g/mol. The van der Waals surface area contributed by atoms with E-state index in [0.717, 1.165) is 33.5 Å². The molecule has 0 aliphatic rings. The highest BCUT2D eigenvalue weighted by atomic mass is 32.2. The van der Waals surface area contributed by atoms with Crippen LogP contribution in [0, 0.1) is 13.8 Å². The van der Waals surface area contributed by atoms with E-state index in [1.165, 1.54) is 11.8 Å². The molecule has 0 saturated carbocycles. The number of benzene rings is 1. The standard InChI is InChI=1S/C16H14N4O2S/c1-9-13(10(2)22-20-9)8-23-16-19-18-15(21-16)12-7-17-14-6-4-3-5-11(12)14/h3-7,17H,8H2,1-2H3. The molecule has 23 heavy (non-hydrogen) atoms. The molecule has 0 unspecified atom stereocenters. The Morgan fingerprint density at radius 3 is 2.87 bits per heavy atom. The van der Waals surface area contributed by atoms with Gasteiger partial charge in [0.15, 0.2) is 0 Å². The van der Waals surface area contributed by atoms with Gasteiger partial charge in [-0.2, -0.15) is 0 Å². The lowest BCUT2D eigenvalue weighted by Gasteiger charge is -1.96. The van der Waals surface area contributed by atoms with Crippen LogP contribution in [-0.2, 0) is 5.75 Å². The molecule has 0 saturated heterocycles. The van der Waals surface area contributed by atoms with Gasteiger partial charge in [0.1, 0.15) is 5.76 Å². The quantitative estimate of drug-likeness (QED) is 0.568. The molecular formula is C16H14N4O2S. The van der Waals surface area contributed by atoms with E-state index in [1.54, 1.807) is 0 Å². The number of thioether (sulfide) groups is 1. The summed E-state index contributed by atoms with van der Waals surface area (Å²) in [5, 5.41) is 13.8. The summed E-state index contributed by atoms with van der Waals surface area (Å²) in [7, 11) is 0. The zero-order valence-corrected chi connectivity index (χ0v) is 13.5. The van der Waals surface area contributed by atoms with Crippen molar-refractivity contribution in [3.8, 4) is 11.5 Å². The van der Waals surface area contributed by atoms with E-state index in [1.807, 2.05) is 44.3 Å². The van der Waals surface area contributed by atoms with Crippen molar-refractivity contribution in [2.45, 2.75) is 24.8 Å². The van der Waals surface area contributed by atoms with E-state index >= 15 is 0 Å². The molecule has 7 heteroatoms. The molecule has 1 N–H and O–H groups in total. The molecule has 0 aliphatic carbocycles. The summed E-state index contributed by atoms with van der Waals surface area (Å²) in [5.41, 5.74) is 3.93. The van der Waals surface area contributed by atoms with Gasteiger partial charge in [0.05, 0.1) is 11.3 Å². The highest BCUT2D eigenvalue weighted by Gasteiger charge is 2.15. The van der Waals surface area contributed by atoms with Crippen molar-refractivity contribution in [3.05, 3.63) is 47.5 Å². The molecule has 0 radical (unpaired) electrons. The van der Waals surface area contributed by atoms with Gasteiger partial charge in [-0.3, -0.25) is 0 Å². The Bertz CT molecular complexity index is 950. The van der Waals surface area contributed by atoms with Crippen molar-refractivity contribution in [3.63, 3.8) is 0 Å². The summed E-state index contributed by atoms with van der Waals surface area (Å²) in [5.74, 6) is 2.03. The van der Waals surface area contributed by atoms with Crippen LogP contribution in [0.25, 0.3) is 22.4 Å². The molecule has 1 aromatic carbocycles. The third-order valence-electron chi connectivity index (χ3n) is 3.75. The summed E-state index contributed by atoms with van der Waals surface area (Å²) < 4.78 is 10.9. The number of nitrogens with zero attached hydrogens (tertiary/aromatic N) is 3. The highest BCUT2D eigenvalue weighted by molar-refractivity contribution is 7.98. The molecule has 3 heterocycles. The maximum atomic E-state index is 5.78. The zero-order valence-electron chi connectivity index (χ0n) is 12.7. The number of hydrogen-bond donors (Lipinski definition) is 1. The first kappa shape index (κ1) is 14.1. The summed E-state index contributed by atoms with van der Waals surface area (Å²) in [6, 6.07) is 8.02. The Kier molecular flexibility index (Phi) is 3.42. The van der Waals surface area contributed by atoms with Crippen molar-refractivity contribution >= 4 is 22.7 Å². The lowest BCUT2D eigenvalue weighted by molar-refractivity contribution is 0.392. The maximum Gasteiger partial charge on any atom is 0.277 e. The molecule has 0 atom stereocenters. The van der Waals surface area contributed by atoms with E-state index < -0.39 is 0 Å². The Hall–Kier alpha value is -2.54. The van der Waals surface area contributed by atoms with Gasteiger partial charge in [-0.25, -0.2) is 0 Å². The highest BCUT2D eigenvalue weighted by Crippen LogP contribution is 2.31. The van der Waals surface area contributed by atoms with Gasteiger partial charge >= 0.3 is 0 Å². The van der Waals surface area contributed by atoms with Crippen LogP contribution in [0.5, 0.6) is 0 Å². The largest absolute Gasteiger partial charge is 0.411 e. The van der Waals surface area contributed by atoms with Crippen LogP contribution < -0.4 is 0 Å². The van der Waals surface area contributed by atoms with Crippen molar-refractivity contribution in [1.29, 1.82) is 0 Å². The number of aryl methyl sites for hydroxylation is 2. The minimum Gasteiger partial charge on any atom is -0.411 e. The summed E-state index contributed by atoms with van der Waals surface area (Å²) in [6.07, 6.45) is 1.89. The number of fused-ring (bicyclic) bond motifs is 1. The number of aromatic nitrogens is 4. The van der Waals surface area contributed by atoms with Crippen molar-refractivity contribution in [2.75, 3.05) is 0 Å². The van der Waals surface area contributed by atoms with Gasteiger partial charge in [-0.1, -0.05) is 35.1 Å². The smallest absolute Gasteiger partial charge is 0.277 e. The summed E-state index contributed by atoms with van der Waals surface area (Å²) >= 11 is 1.48. The second kappa shape index (κ2) is 5.58. The van der Waals surface area contributed by atoms with Crippen molar-refractivity contribution in [2.24, 2.45) is 0 Å². The van der Waals surface area contributed by atoms with E-state index in [0.29, 0.717) is 16.9 Å². The lowest BCUT2D eigenvalue weighted by atomic mass is 10.2. The molecule has 3 aromatic heterocycles. The Morgan fingerprint density at radius 1 is 1.17 bits per heavy atom. The van der Waals surface area contributed by atoms with Crippen molar-refractivity contribution < 1.29 is 8.94 Å². The average Bonchev–Trinajstić information content (AvgIpc) is 3.25. The van der Waals surface area contributed by atoms with Crippen LogP contribution in [-0.4, -0.2) is 20.3 Å². The van der Waals surface area contributed by atoms with Gasteiger partial charge in [-0.05, 0) is 19.9 Å². The normalized spacial score (nSPS) is 11.4. The van der Waals surface area contributed by atoms with Crippen LogP contribution in [0.15, 0.2) is 44.6 Å². The fraction of sp³-hybridized carbons (Fsp3) is 0.188. The summed E-state index contributed by atoms with van der Waals surface area (Å²) in [4.78, 5) is 3.21. The molecule has 0 amide bonds. The minimum absolute atomic E-state index is 0.517. The van der Waals surface area contributed by atoms with Crippen LogP contribution >= 0.6 is 11.8 Å². The summed E-state index contributed by atoms with van der Waals surface area (Å²) in [6.45, 7) is 3.83. The van der Waals surface area contributed by atoms with E-state index in [9.17, 15) is 0 Å². The van der Waals surface area contributed by atoms with E-state index in [4.69, 9.17) is 8.94 Å².